The lowest BCUT2D eigenvalue weighted by atomic mass is 10.2. The molecule has 2 aromatic rings. The highest BCUT2D eigenvalue weighted by Gasteiger charge is 2.05. The fourth-order valence-corrected chi connectivity index (χ4v) is 1.57. The first kappa shape index (κ1) is 12.4. The van der Waals surface area contributed by atoms with E-state index in [-0.39, 0.29) is 0 Å². The van der Waals surface area contributed by atoms with Crippen LogP contribution in [0.5, 0.6) is 0 Å². The summed E-state index contributed by atoms with van der Waals surface area (Å²) in [5.74, 6) is 0.645. The lowest BCUT2D eigenvalue weighted by Gasteiger charge is -2.04. The van der Waals surface area contributed by atoms with Crippen molar-refractivity contribution in [3.8, 4) is 11.4 Å². The van der Waals surface area contributed by atoms with Gasteiger partial charge >= 0.3 is 0 Å². The second-order valence-electron chi connectivity index (χ2n) is 4.04. The van der Waals surface area contributed by atoms with Crippen LogP contribution in [0.1, 0.15) is 6.92 Å². The number of tetrazole rings is 1. The van der Waals surface area contributed by atoms with Gasteiger partial charge in [0.1, 0.15) is 0 Å². The van der Waals surface area contributed by atoms with Crippen LogP contribution in [-0.2, 0) is 6.54 Å². The highest BCUT2D eigenvalue weighted by molar-refractivity contribution is 5.52. The number of hydrogen-bond acceptors (Lipinski definition) is 4. The third-order valence-corrected chi connectivity index (χ3v) is 2.47. The van der Waals surface area contributed by atoms with E-state index >= 15 is 0 Å². The molecule has 2 rings (SSSR count). The summed E-state index contributed by atoms with van der Waals surface area (Å²) in [5, 5.41) is 15.6. The molecule has 1 aromatic heterocycles. The summed E-state index contributed by atoms with van der Waals surface area (Å²) in [5.41, 5.74) is 2.01. The van der Waals surface area contributed by atoms with Gasteiger partial charge in [-0.2, -0.15) is 4.80 Å². The highest BCUT2D eigenvalue weighted by atomic mass is 15.6. The van der Waals surface area contributed by atoms with E-state index in [1.807, 2.05) is 30.3 Å². The molecule has 1 aromatic carbocycles. The SMILES string of the molecule is C=C(CNCC)Cn1nnc(-c2ccccc2)n1. The van der Waals surface area contributed by atoms with E-state index in [1.54, 1.807) is 4.80 Å². The summed E-state index contributed by atoms with van der Waals surface area (Å²) in [6, 6.07) is 9.82. The predicted octanol–water partition coefficient (Wildman–Crippen LogP) is 1.51. The fourth-order valence-electron chi connectivity index (χ4n) is 1.57. The smallest absolute Gasteiger partial charge is 0.204 e. The number of benzene rings is 1. The molecular formula is C13H17N5. The molecule has 0 bridgehead atoms. The van der Waals surface area contributed by atoms with Crippen molar-refractivity contribution in [3.63, 3.8) is 0 Å². The second kappa shape index (κ2) is 6.07. The molecule has 0 saturated heterocycles. The Morgan fingerprint density at radius 2 is 2.11 bits per heavy atom. The fraction of sp³-hybridized carbons (Fsp3) is 0.308. The van der Waals surface area contributed by atoms with Crippen LogP contribution in [0.4, 0.5) is 0 Å². The number of aromatic nitrogens is 4. The van der Waals surface area contributed by atoms with Gasteiger partial charge in [-0.3, -0.25) is 0 Å². The van der Waals surface area contributed by atoms with Gasteiger partial charge in [0, 0.05) is 12.1 Å². The zero-order valence-corrected chi connectivity index (χ0v) is 10.5. The van der Waals surface area contributed by atoms with Crippen molar-refractivity contribution in [3.05, 3.63) is 42.5 Å². The summed E-state index contributed by atoms with van der Waals surface area (Å²) in [4.78, 5) is 1.57. The molecule has 0 fully saturated rings. The molecule has 18 heavy (non-hydrogen) atoms. The van der Waals surface area contributed by atoms with E-state index in [4.69, 9.17) is 0 Å². The van der Waals surface area contributed by atoms with Gasteiger partial charge in [0.25, 0.3) is 0 Å². The molecular weight excluding hydrogens is 226 g/mol. The molecule has 1 N–H and O–H groups in total. The molecule has 0 amide bonds. The van der Waals surface area contributed by atoms with Crippen LogP contribution in [0.2, 0.25) is 0 Å². The summed E-state index contributed by atoms with van der Waals surface area (Å²) in [6.45, 7) is 8.34. The lowest BCUT2D eigenvalue weighted by Crippen LogP contribution is -2.19. The van der Waals surface area contributed by atoms with Crippen LogP contribution in [0, 0.1) is 0 Å². The lowest BCUT2D eigenvalue weighted by molar-refractivity contribution is 0.554. The number of rotatable bonds is 6. The molecule has 0 radical (unpaired) electrons. The Morgan fingerprint density at radius 3 is 2.83 bits per heavy atom. The van der Waals surface area contributed by atoms with Gasteiger partial charge in [-0.1, -0.05) is 43.8 Å². The van der Waals surface area contributed by atoms with Crippen LogP contribution in [-0.4, -0.2) is 33.3 Å². The molecule has 5 nitrogen and oxygen atoms in total. The quantitative estimate of drug-likeness (QED) is 0.781. The molecule has 0 aliphatic carbocycles. The van der Waals surface area contributed by atoms with E-state index in [0.29, 0.717) is 12.4 Å². The molecule has 1 heterocycles. The van der Waals surface area contributed by atoms with Crippen molar-refractivity contribution >= 4 is 0 Å². The third-order valence-electron chi connectivity index (χ3n) is 2.47. The monoisotopic (exact) mass is 243 g/mol. The van der Waals surface area contributed by atoms with Gasteiger partial charge in [0.15, 0.2) is 0 Å². The number of nitrogens with one attached hydrogen (secondary N) is 1. The van der Waals surface area contributed by atoms with Crippen molar-refractivity contribution in [1.29, 1.82) is 0 Å². The predicted molar refractivity (Wildman–Crippen MR) is 70.9 cm³/mol. The summed E-state index contributed by atoms with van der Waals surface area (Å²) >= 11 is 0. The van der Waals surface area contributed by atoms with Gasteiger partial charge in [0.05, 0.1) is 6.54 Å². The van der Waals surface area contributed by atoms with E-state index in [9.17, 15) is 0 Å². The minimum Gasteiger partial charge on any atom is -0.313 e. The van der Waals surface area contributed by atoms with Gasteiger partial charge < -0.3 is 5.32 Å². The maximum atomic E-state index is 4.33. The Bertz CT molecular complexity index is 503. The zero-order valence-electron chi connectivity index (χ0n) is 10.5. The van der Waals surface area contributed by atoms with E-state index in [0.717, 1.165) is 24.2 Å². The molecule has 0 aliphatic heterocycles. The summed E-state index contributed by atoms with van der Waals surface area (Å²) in [7, 11) is 0. The van der Waals surface area contributed by atoms with Gasteiger partial charge in [-0.25, -0.2) is 0 Å². The Balaban J connectivity index is 2.00. The molecule has 0 aliphatic rings. The van der Waals surface area contributed by atoms with Gasteiger partial charge in [0.2, 0.25) is 5.82 Å². The van der Waals surface area contributed by atoms with Crippen molar-refractivity contribution in [1.82, 2.24) is 25.5 Å². The largest absolute Gasteiger partial charge is 0.313 e. The Morgan fingerprint density at radius 1 is 1.33 bits per heavy atom. The Kier molecular flexibility index (Phi) is 4.20. The first-order valence-corrected chi connectivity index (χ1v) is 6.00. The maximum Gasteiger partial charge on any atom is 0.204 e. The number of hydrogen-bond donors (Lipinski definition) is 1. The first-order chi connectivity index (χ1) is 8.79. The molecule has 94 valence electrons. The van der Waals surface area contributed by atoms with Crippen LogP contribution >= 0.6 is 0 Å². The third kappa shape index (κ3) is 3.24. The van der Waals surface area contributed by atoms with Crippen molar-refractivity contribution in [2.75, 3.05) is 13.1 Å². The Labute approximate surface area is 107 Å². The van der Waals surface area contributed by atoms with Gasteiger partial charge in [-0.15, -0.1) is 10.2 Å². The standard InChI is InChI=1S/C13H17N5/c1-3-14-9-11(2)10-18-16-13(15-17-18)12-7-5-4-6-8-12/h4-8,14H,2-3,9-10H2,1H3. The number of likely N-dealkylation sites (N-methyl/N-ethyl adjacent to an activating group) is 1. The van der Waals surface area contributed by atoms with Crippen molar-refractivity contribution in [2.24, 2.45) is 0 Å². The zero-order chi connectivity index (χ0) is 12.8. The van der Waals surface area contributed by atoms with Crippen LogP contribution in [0.25, 0.3) is 11.4 Å². The number of nitrogens with zero attached hydrogens (tertiary/aromatic N) is 4. The maximum absolute atomic E-state index is 4.33. The van der Waals surface area contributed by atoms with Crippen molar-refractivity contribution < 1.29 is 0 Å². The second-order valence-corrected chi connectivity index (χ2v) is 4.04. The molecule has 5 heteroatoms. The van der Waals surface area contributed by atoms with E-state index in [2.05, 4.69) is 34.2 Å². The Hall–Kier alpha value is -2.01. The van der Waals surface area contributed by atoms with Crippen LogP contribution < -0.4 is 5.32 Å². The van der Waals surface area contributed by atoms with Crippen molar-refractivity contribution in [2.45, 2.75) is 13.5 Å². The summed E-state index contributed by atoms with van der Waals surface area (Å²) in [6.07, 6.45) is 0. The van der Waals surface area contributed by atoms with Crippen LogP contribution in [0.15, 0.2) is 42.5 Å². The molecule has 0 saturated carbocycles. The minimum absolute atomic E-state index is 0.590. The molecule has 0 spiro atoms. The topological polar surface area (TPSA) is 55.6 Å². The average Bonchev–Trinajstić information content (AvgIpc) is 2.86. The molecule has 0 unspecified atom stereocenters. The van der Waals surface area contributed by atoms with Gasteiger partial charge in [-0.05, 0) is 17.3 Å². The molecule has 0 atom stereocenters. The first-order valence-electron chi connectivity index (χ1n) is 6.00. The summed E-state index contributed by atoms with van der Waals surface area (Å²) < 4.78 is 0. The van der Waals surface area contributed by atoms with E-state index < -0.39 is 0 Å². The normalized spacial score (nSPS) is 10.5. The highest BCUT2D eigenvalue weighted by Crippen LogP contribution is 2.11. The van der Waals surface area contributed by atoms with Crippen LogP contribution in [0.3, 0.4) is 0 Å². The average molecular weight is 243 g/mol. The minimum atomic E-state index is 0.590. The van der Waals surface area contributed by atoms with E-state index in [1.165, 1.54) is 0 Å².